The lowest BCUT2D eigenvalue weighted by atomic mass is 10.1. The number of carbonyl (C=O) groups excluding carboxylic acids is 1. The Bertz CT molecular complexity index is 461. The third-order valence-electron chi connectivity index (χ3n) is 2.06. The van der Waals surface area contributed by atoms with E-state index in [1.165, 1.54) is 7.11 Å². The van der Waals surface area contributed by atoms with Gasteiger partial charge in [-0.3, -0.25) is 5.43 Å². The average molecular weight is 268 g/mol. The highest BCUT2D eigenvalue weighted by Crippen LogP contribution is 2.21. The fourth-order valence-electron chi connectivity index (χ4n) is 1.30. The molecule has 0 atom stereocenters. The minimum absolute atomic E-state index is 0.163. The van der Waals surface area contributed by atoms with Gasteiger partial charge in [-0.1, -0.05) is 6.07 Å². The molecule has 0 heterocycles. The van der Waals surface area contributed by atoms with Crippen LogP contribution in [-0.2, 0) is 4.74 Å². The van der Waals surface area contributed by atoms with Crippen molar-refractivity contribution in [3.8, 4) is 5.75 Å². The van der Waals surface area contributed by atoms with Crippen LogP contribution in [0.1, 0.15) is 15.9 Å². The highest BCUT2D eigenvalue weighted by Gasteiger charge is 2.14. The lowest BCUT2D eigenvalue weighted by Gasteiger charge is -2.16. The van der Waals surface area contributed by atoms with Gasteiger partial charge >= 0.3 is 5.97 Å². The summed E-state index contributed by atoms with van der Waals surface area (Å²) in [7, 11) is 4.89. The summed E-state index contributed by atoms with van der Waals surface area (Å²) in [6.45, 7) is 1.90. The summed E-state index contributed by atoms with van der Waals surface area (Å²) in [6.07, 6.45) is 0. The number of aryl methyl sites for hydroxylation is 1. The number of nitrogens with zero attached hydrogens (tertiary/aromatic N) is 1. The van der Waals surface area contributed by atoms with E-state index in [1.807, 2.05) is 13.0 Å². The van der Waals surface area contributed by atoms with Crippen molar-refractivity contribution in [3.05, 3.63) is 29.3 Å². The molecule has 18 heavy (non-hydrogen) atoms. The number of esters is 1. The molecule has 0 saturated heterocycles. The molecule has 1 rings (SSSR count). The SMILES string of the molecule is COC(=O)c1ccc(C)cc1OC(=S)NN(C)C. The molecule has 0 aliphatic rings. The zero-order valence-electron chi connectivity index (χ0n) is 10.8. The molecule has 0 spiro atoms. The molecule has 0 unspecified atom stereocenters. The first-order valence-corrected chi connectivity index (χ1v) is 5.69. The van der Waals surface area contributed by atoms with Crippen molar-refractivity contribution in [2.75, 3.05) is 21.2 Å². The first kappa shape index (κ1) is 14.4. The monoisotopic (exact) mass is 268 g/mol. The minimum Gasteiger partial charge on any atom is -0.465 e. The molecule has 1 aromatic rings. The lowest BCUT2D eigenvalue weighted by Crippen LogP contribution is -2.38. The molecule has 1 aromatic carbocycles. The summed E-state index contributed by atoms with van der Waals surface area (Å²) in [5.41, 5.74) is 4.09. The molecular weight excluding hydrogens is 252 g/mol. The van der Waals surface area contributed by atoms with E-state index in [4.69, 9.17) is 17.0 Å². The number of benzene rings is 1. The number of rotatable bonds is 3. The predicted molar refractivity (Wildman–Crippen MR) is 72.6 cm³/mol. The van der Waals surface area contributed by atoms with E-state index in [1.54, 1.807) is 31.2 Å². The summed E-state index contributed by atoms with van der Waals surface area (Å²) >= 11 is 5.01. The van der Waals surface area contributed by atoms with E-state index in [0.717, 1.165) is 5.56 Å². The molecule has 0 aliphatic carbocycles. The van der Waals surface area contributed by atoms with Crippen molar-refractivity contribution >= 4 is 23.4 Å². The Hall–Kier alpha value is -1.66. The molecule has 0 saturated carbocycles. The van der Waals surface area contributed by atoms with Gasteiger partial charge in [-0.05, 0) is 36.8 Å². The number of hydrogen-bond acceptors (Lipinski definition) is 5. The molecule has 5 nitrogen and oxygen atoms in total. The number of carbonyl (C=O) groups is 1. The fourth-order valence-corrected chi connectivity index (χ4v) is 1.57. The Kier molecular flexibility index (Phi) is 5.06. The van der Waals surface area contributed by atoms with E-state index in [2.05, 4.69) is 10.2 Å². The average Bonchev–Trinajstić information content (AvgIpc) is 2.27. The zero-order valence-corrected chi connectivity index (χ0v) is 11.6. The number of hydrazine groups is 1. The summed E-state index contributed by atoms with van der Waals surface area (Å²) < 4.78 is 10.1. The van der Waals surface area contributed by atoms with E-state index in [0.29, 0.717) is 11.3 Å². The second kappa shape index (κ2) is 6.32. The maximum atomic E-state index is 11.6. The predicted octanol–water partition coefficient (Wildman–Crippen LogP) is 1.51. The second-order valence-electron chi connectivity index (χ2n) is 3.89. The smallest absolute Gasteiger partial charge is 0.341 e. The maximum Gasteiger partial charge on any atom is 0.341 e. The van der Waals surface area contributed by atoms with Crippen LogP contribution >= 0.6 is 12.2 Å². The molecular formula is C12H16N2O3S. The Labute approximate surface area is 112 Å². The molecule has 0 aromatic heterocycles. The number of thiocarbonyl (C=S) groups is 1. The third kappa shape index (κ3) is 3.97. The first-order valence-electron chi connectivity index (χ1n) is 5.28. The van der Waals surface area contributed by atoms with Crippen LogP contribution in [0.5, 0.6) is 5.75 Å². The second-order valence-corrected chi connectivity index (χ2v) is 4.26. The molecule has 0 aliphatic heterocycles. The van der Waals surface area contributed by atoms with Gasteiger partial charge in [0.15, 0.2) is 0 Å². The highest BCUT2D eigenvalue weighted by atomic mass is 32.1. The number of hydrogen-bond donors (Lipinski definition) is 1. The number of nitrogens with one attached hydrogen (secondary N) is 1. The van der Waals surface area contributed by atoms with Gasteiger partial charge in [0.2, 0.25) is 0 Å². The molecule has 0 radical (unpaired) electrons. The normalized spacial score (nSPS) is 10.1. The van der Waals surface area contributed by atoms with E-state index in [9.17, 15) is 4.79 Å². The summed E-state index contributed by atoms with van der Waals surface area (Å²) in [5.74, 6) is -0.0844. The van der Waals surface area contributed by atoms with Crippen molar-refractivity contribution in [1.29, 1.82) is 0 Å². The van der Waals surface area contributed by atoms with Crippen LogP contribution in [0.3, 0.4) is 0 Å². The van der Waals surface area contributed by atoms with E-state index < -0.39 is 5.97 Å². The topological polar surface area (TPSA) is 50.8 Å². The van der Waals surface area contributed by atoms with Crippen molar-refractivity contribution < 1.29 is 14.3 Å². The molecule has 98 valence electrons. The van der Waals surface area contributed by atoms with Gasteiger partial charge in [0, 0.05) is 14.1 Å². The molecule has 0 bridgehead atoms. The van der Waals surface area contributed by atoms with Crippen LogP contribution in [-0.4, -0.2) is 37.4 Å². The Morgan fingerprint density at radius 2 is 2.06 bits per heavy atom. The van der Waals surface area contributed by atoms with Gasteiger partial charge in [0.1, 0.15) is 11.3 Å². The zero-order chi connectivity index (χ0) is 13.7. The van der Waals surface area contributed by atoms with Crippen LogP contribution in [0, 0.1) is 6.92 Å². The van der Waals surface area contributed by atoms with Gasteiger partial charge < -0.3 is 9.47 Å². The highest BCUT2D eigenvalue weighted by molar-refractivity contribution is 7.80. The lowest BCUT2D eigenvalue weighted by molar-refractivity contribution is 0.0598. The van der Waals surface area contributed by atoms with Gasteiger partial charge in [-0.25, -0.2) is 9.80 Å². The van der Waals surface area contributed by atoms with Crippen LogP contribution < -0.4 is 10.2 Å². The van der Waals surface area contributed by atoms with Crippen molar-refractivity contribution in [2.24, 2.45) is 0 Å². The Morgan fingerprint density at radius 3 is 2.61 bits per heavy atom. The van der Waals surface area contributed by atoms with Crippen LogP contribution in [0.15, 0.2) is 18.2 Å². The third-order valence-corrected chi connectivity index (χ3v) is 2.23. The molecule has 1 N–H and O–H groups in total. The largest absolute Gasteiger partial charge is 0.465 e. The maximum absolute atomic E-state index is 11.6. The Balaban J connectivity index is 2.95. The fraction of sp³-hybridized carbons (Fsp3) is 0.333. The summed E-state index contributed by atoms with van der Waals surface area (Å²) in [4.78, 5) is 11.6. The van der Waals surface area contributed by atoms with Crippen LogP contribution in [0.4, 0.5) is 0 Å². The van der Waals surface area contributed by atoms with Crippen LogP contribution in [0.2, 0.25) is 0 Å². The molecule has 6 heteroatoms. The molecule has 0 amide bonds. The molecule has 0 fully saturated rings. The summed E-state index contributed by atoms with van der Waals surface area (Å²) in [6, 6.07) is 5.19. The number of methoxy groups -OCH3 is 1. The van der Waals surface area contributed by atoms with Crippen LogP contribution in [0.25, 0.3) is 0 Å². The van der Waals surface area contributed by atoms with Gasteiger partial charge in [0.05, 0.1) is 7.11 Å². The Morgan fingerprint density at radius 1 is 1.39 bits per heavy atom. The van der Waals surface area contributed by atoms with Gasteiger partial charge in [-0.15, -0.1) is 0 Å². The first-order chi connectivity index (χ1) is 8.43. The van der Waals surface area contributed by atoms with E-state index >= 15 is 0 Å². The van der Waals surface area contributed by atoms with E-state index in [-0.39, 0.29) is 5.17 Å². The minimum atomic E-state index is -0.461. The van der Waals surface area contributed by atoms with Gasteiger partial charge in [-0.2, -0.15) is 0 Å². The van der Waals surface area contributed by atoms with Crippen molar-refractivity contribution in [2.45, 2.75) is 6.92 Å². The van der Waals surface area contributed by atoms with Crippen molar-refractivity contribution in [1.82, 2.24) is 10.4 Å². The quantitative estimate of drug-likeness (QED) is 0.509. The number of ether oxygens (including phenoxy) is 2. The standard InChI is InChI=1S/C12H16N2O3S/c1-8-5-6-9(11(15)16-4)10(7-8)17-12(18)13-14(2)3/h5-7H,1-4H3,(H,13,18). The summed E-state index contributed by atoms with van der Waals surface area (Å²) in [5, 5.41) is 1.81. The van der Waals surface area contributed by atoms with Gasteiger partial charge in [0.25, 0.3) is 5.17 Å². The van der Waals surface area contributed by atoms with Crippen molar-refractivity contribution in [3.63, 3.8) is 0 Å².